The molecule has 0 heterocycles. The standard InChI is InChI=1S/2C24H51O2PS2.Zn/c2*1-3-5-7-9-11-13-15-17-19-21-23-28-27(25,26)29-24-22-20-18-16-14-12-10-8-6-4-2;/h2*3-24H2,1-2H3,(H,25,26);/q;;+2/p-2. The van der Waals surface area contributed by atoms with Crippen LogP contribution >= 0.6 is 57.1 Å². The quantitative estimate of drug-likeness (QED) is 0.0339. The molecule has 0 saturated heterocycles. The third kappa shape index (κ3) is 60.4. The molecule has 0 aliphatic rings. The van der Waals surface area contributed by atoms with Gasteiger partial charge >= 0.3 is 19.5 Å². The molecule has 0 aromatic rings. The molecule has 352 valence electrons. The Kier molecular flexibility index (Phi) is 60.9. The molecule has 0 rings (SSSR count). The summed E-state index contributed by atoms with van der Waals surface area (Å²) < 4.78 is 24.2. The zero-order valence-corrected chi connectivity index (χ0v) is 48.0. The summed E-state index contributed by atoms with van der Waals surface area (Å²) in [6, 6.07) is 0. The van der Waals surface area contributed by atoms with Crippen LogP contribution in [0, 0.1) is 0 Å². The predicted octanol–water partition coefficient (Wildman–Crippen LogP) is 19.5. The molecule has 0 aliphatic heterocycles. The Bertz CT molecular complexity index is 749. The van der Waals surface area contributed by atoms with E-state index in [1.165, 1.54) is 277 Å². The first kappa shape index (κ1) is 65.7. The largest absolute Gasteiger partial charge is 2.00 e. The average molecular weight is 997 g/mol. The van der Waals surface area contributed by atoms with Crippen molar-refractivity contribution in [1.82, 2.24) is 0 Å². The SMILES string of the molecule is CCCCCCCCCCCCSP(=O)([O-])SCCCCCCCCCCCC.CCCCCCCCCCCCSP(=O)([O-])SCCCCCCCCCCCC.[Zn+2]. The zero-order valence-electron chi connectivity index (χ0n) is 40.0. The maximum absolute atomic E-state index is 12.1. The second-order valence-electron chi connectivity index (χ2n) is 17.0. The molecule has 0 fully saturated rings. The first-order valence-electron chi connectivity index (χ1n) is 25.4. The van der Waals surface area contributed by atoms with Crippen molar-refractivity contribution in [2.24, 2.45) is 0 Å². The van der Waals surface area contributed by atoms with Crippen LogP contribution in [-0.4, -0.2) is 23.0 Å². The Labute approximate surface area is 400 Å². The third-order valence-corrected chi connectivity index (χ3v) is 23.9. The fraction of sp³-hybridized carbons (Fsp3) is 1.00. The summed E-state index contributed by atoms with van der Waals surface area (Å²) >= 11 is 4.80. The summed E-state index contributed by atoms with van der Waals surface area (Å²) in [5.74, 6) is -3.41. The molecule has 0 saturated carbocycles. The van der Waals surface area contributed by atoms with E-state index in [9.17, 15) is 18.9 Å². The van der Waals surface area contributed by atoms with E-state index in [1.54, 1.807) is 0 Å². The molecule has 0 N–H and O–H groups in total. The summed E-state index contributed by atoms with van der Waals surface area (Å²) in [4.78, 5) is 24.2. The molecular weight excluding hydrogens is 896 g/mol. The molecule has 0 bridgehead atoms. The van der Waals surface area contributed by atoms with E-state index in [-0.39, 0.29) is 19.5 Å². The Hall–Kier alpha value is 2.40. The number of hydrogen-bond donors (Lipinski definition) is 0. The summed E-state index contributed by atoms with van der Waals surface area (Å²) in [5.41, 5.74) is 0. The fourth-order valence-corrected chi connectivity index (χ4v) is 18.2. The second kappa shape index (κ2) is 54.7. The normalized spacial score (nSPS) is 11.8. The molecule has 0 aromatic carbocycles. The van der Waals surface area contributed by atoms with Gasteiger partial charge in [0.2, 0.25) is 0 Å². The van der Waals surface area contributed by atoms with Crippen LogP contribution < -0.4 is 9.79 Å². The molecule has 4 nitrogen and oxygen atoms in total. The van der Waals surface area contributed by atoms with Crippen LogP contribution in [0.2, 0.25) is 0 Å². The number of unbranched alkanes of at least 4 members (excludes halogenated alkanes) is 36. The van der Waals surface area contributed by atoms with E-state index in [1.807, 2.05) is 0 Å². The summed E-state index contributed by atoms with van der Waals surface area (Å²) in [6.45, 7) is 9.04. The Balaban J connectivity index is -0.00000105. The van der Waals surface area contributed by atoms with Crippen LogP contribution in [0.5, 0.6) is 0 Å². The predicted molar refractivity (Wildman–Crippen MR) is 272 cm³/mol. The molecule has 0 radical (unpaired) electrons. The Morgan fingerprint density at radius 2 is 0.373 bits per heavy atom. The van der Waals surface area contributed by atoms with Gasteiger partial charge in [-0.3, -0.25) is 0 Å². The fourth-order valence-electron chi connectivity index (χ4n) is 7.14. The van der Waals surface area contributed by atoms with Gasteiger partial charge in [0.15, 0.2) is 0 Å². The maximum atomic E-state index is 12.1. The van der Waals surface area contributed by atoms with Crippen molar-refractivity contribution in [3.8, 4) is 0 Å². The second-order valence-corrected chi connectivity index (χ2v) is 31.7. The molecule has 11 heteroatoms. The Morgan fingerprint density at radius 1 is 0.254 bits per heavy atom. The van der Waals surface area contributed by atoms with Crippen molar-refractivity contribution in [1.29, 1.82) is 0 Å². The van der Waals surface area contributed by atoms with Crippen molar-refractivity contribution in [2.45, 2.75) is 285 Å². The van der Waals surface area contributed by atoms with Crippen molar-refractivity contribution >= 4 is 57.1 Å². The third-order valence-electron chi connectivity index (χ3n) is 11.0. The molecule has 0 atom stereocenters. The van der Waals surface area contributed by atoms with Gasteiger partial charge in [-0.2, -0.15) is 0 Å². The van der Waals surface area contributed by atoms with Crippen LogP contribution in [0.1, 0.15) is 285 Å². The smallest absolute Gasteiger partial charge is 0.784 e. The van der Waals surface area contributed by atoms with Crippen molar-refractivity contribution in [2.75, 3.05) is 23.0 Å². The van der Waals surface area contributed by atoms with Crippen LogP contribution in [-0.2, 0) is 28.6 Å². The van der Waals surface area contributed by atoms with Gasteiger partial charge in [-0.1, -0.05) is 259 Å². The summed E-state index contributed by atoms with van der Waals surface area (Å²) in [5, 5.41) is 0. The first-order chi connectivity index (χ1) is 28.2. The minimum atomic E-state index is -3.26. The van der Waals surface area contributed by atoms with Crippen LogP contribution in [0.3, 0.4) is 0 Å². The number of rotatable bonds is 48. The minimum Gasteiger partial charge on any atom is -0.784 e. The average Bonchev–Trinajstić information content (AvgIpc) is 3.20. The van der Waals surface area contributed by atoms with Gasteiger partial charge in [-0.25, -0.2) is 0 Å². The van der Waals surface area contributed by atoms with Gasteiger partial charge in [0.25, 0.3) is 0 Å². The van der Waals surface area contributed by atoms with E-state index in [0.717, 1.165) is 48.7 Å². The van der Waals surface area contributed by atoms with Gasteiger partial charge in [-0.15, -0.1) is 45.5 Å². The van der Waals surface area contributed by atoms with Gasteiger partial charge in [0.1, 0.15) is 11.5 Å². The summed E-state index contributed by atoms with van der Waals surface area (Å²) in [6.07, 6.45) is 52.1. The monoisotopic (exact) mass is 995 g/mol. The van der Waals surface area contributed by atoms with Crippen molar-refractivity contribution in [3.63, 3.8) is 0 Å². The molecule has 59 heavy (non-hydrogen) atoms. The maximum Gasteiger partial charge on any atom is 2.00 e. The van der Waals surface area contributed by atoms with E-state index in [0.29, 0.717) is 0 Å². The molecule has 0 aromatic heterocycles. The van der Waals surface area contributed by atoms with Crippen LogP contribution in [0.25, 0.3) is 0 Å². The molecule has 0 unspecified atom stereocenters. The van der Waals surface area contributed by atoms with Crippen molar-refractivity contribution in [3.05, 3.63) is 0 Å². The van der Waals surface area contributed by atoms with Crippen LogP contribution in [0.4, 0.5) is 0 Å². The Morgan fingerprint density at radius 3 is 0.508 bits per heavy atom. The van der Waals surface area contributed by atoms with Crippen molar-refractivity contribution < 1.29 is 38.4 Å². The zero-order chi connectivity index (χ0) is 42.9. The molecular formula is C48H100O4P2S4Zn. The number of hydrogen-bond acceptors (Lipinski definition) is 8. The molecule has 0 amide bonds. The van der Waals surface area contributed by atoms with E-state index in [2.05, 4.69) is 27.7 Å². The first-order valence-corrected chi connectivity index (χ1v) is 35.1. The van der Waals surface area contributed by atoms with E-state index >= 15 is 0 Å². The molecule has 0 spiro atoms. The topological polar surface area (TPSA) is 80.3 Å². The van der Waals surface area contributed by atoms with Gasteiger partial charge in [-0.05, 0) is 25.7 Å². The summed E-state index contributed by atoms with van der Waals surface area (Å²) in [7, 11) is 0. The van der Waals surface area contributed by atoms with Crippen LogP contribution in [0.15, 0.2) is 0 Å². The molecule has 0 aliphatic carbocycles. The minimum absolute atomic E-state index is 0. The van der Waals surface area contributed by atoms with Gasteiger partial charge in [0, 0.05) is 23.0 Å². The van der Waals surface area contributed by atoms with Gasteiger partial charge in [0.05, 0.1) is 0 Å². The van der Waals surface area contributed by atoms with E-state index < -0.39 is 11.5 Å². The van der Waals surface area contributed by atoms with Gasteiger partial charge < -0.3 is 18.9 Å². The van der Waals surface area contributed by atoms with E-state index in [4.69, 9.17) is 0 Å².